The van der Waals surface area contributed by atoms with Crippen LogP contribution >= 0.6 is 0 Å². The van der Waals surface area contributed by atoms with Gasteiger partial charge < -0.3 is 0 Å². The Bertz CT molecular complexity index is 450. The van der Waals surface area contributed by atoms with Crippen LogP contribution in [0.2, 0.25) is 0 Å². The monoisotopic (exact) mass is 246 g/mol. The summed E-state index contributed by atoms with van der Waals surface area (Å²) in [7, 11) is 0. The highest BCUT2D eigenvalue weighted by Gasteiger charge is 2.39. The second-order valence-corrected chi connectivity index (χ2v) is 6.04. The molecule has 3 aliphatic rings. The fraction of sp³-hybridized carbons (Fsp3) is 0.562. The Morgan fingerprint density at radius 1 is 1.22 bits per heavy atom. The van der Waals surface area contributed by atoms with Crippen LogP contribution in [0, 0.1) is 11.3 Å². The first-order chi connectivity index (χ1) is 8.67. The van der Waals surface area contributed by atoms with E-state index in [0.29, 0.717) is 6.42 Å². The predicted molar refractivity (Wildman–Crippen MR) is 69.7 cm³/mol. The lowest BCUT2D eigenvalue weighted by atomic mass is 9.69. The molecule has 0 amide bonds. The van der Waals surface area contributed by atoms with Crippen molar-refractivity contribution in [1.82, 2.24) is 0 Å². The number of hydrogen-bond acceptors (Lipinski definition) is 1. The molecule has 3 aliphatic carbocycles. The molecule has 1 unspecified atom stereocenters. The molecule has 1 atom stereocenters. The summed E-state index contributed by atoms with van der Waals surface area (Å²) < 4.78 is 13.0. The second kappa shape index (κ2) is 4.49. The molecular formula is C16H19FO. The van der Waals surface area contributed by atoms with Crippen LogP contribution in [-0.2, 0) is 4.79 Å². The van der Waals surface area contributed by atoms with Crippen LogP contribution in [0.3, 0.4) is 0 Å². The van der Waals surface area contributed by atoms with Crippen molar-refractivity contribution in [2.75, 3.05) is 0 Å². The van der Waals surface area contributed by atoms with Crippen molar-refractivity contribution in [3.8, 4) is 0 Å². The molecule has 0 radical (unpaired) electrons. The Labute approximate surface area is 107 Å². The zero-order valence-corrected chi connectivity index (χ0v) is 10.6. The molecule has 0 saturated heterocycles. The zero-order valence-electron chi connectivity index (χ0n) is 10.6. The van der Waals surface area contributed by atoms with Crippen molar-refractivity contribution in [3.63, 3.8) is 0 Å². The summed E-state index contributed by atoms with van der Waals surface area (Å²) in [6.07, 6.45) is 14.3. The molecule has 0 heterocycles. The standard InChI is InChI=1S/C16H19FO/c17-14-5-3-12(4-6-14)13-9-15(18)11-16(10-13)7-1-2-8-16/h3,5-6,9,12H,1-2,4,7-8,10-11H2. The zero-order chi connectivity index (χ0) is 12.6. The molecule has 0 bridgehead atoms. The van der Waals surface area contributed by atoms with Crippen molar-refractivity contribution in [2.45, 2.75) is 44.9 Å². The van der Waals surface area contributed by atoms with E-state index in [9.17, 15) is 9.18 Å². The first-order valence-electron chi connectivity index (χ1n) is 6.94. The quantitative estimate of drug-likeness (QED) is 0.675. The molecule has 0 aliphatic heterocycles. The Morgan fingerprint density at radius 2 is 2.00 bits per heavy atom. The van der Waals surface area contributed by atoms with E-state index >= 15 is 0 Å². The summed E-state index contributed by atoms with van der Waals surface area (Å²) in [4.78, 5) is 12.0. The lowest BCUT2D eigenvalue weighted by Gasteiger charge is -2.35. The number of ketones is 1. The third-order valence-corrected chi connectivity index (χ3v) is 4.67. The Morgan fingerprint density at radius 3 is 2.67 bits per heavy atom. The van der Waals surface area contributed by atoms with Gasteiger partial charge in [-0.3, -0.25) is 4.79 Å². The molecule has 18 heavy (non-hydrogen) atoms. The molecule has 1 fully saturated rings. The Kier molecular flexibility index (Phi) is 2.96. The van der Waals surface area contributed by atoms with E-state index < -0.39 is 0 Å². The maximum Gasteiger partial charge on any atom is 0.156 e. The normalized spacial score (nSPS) is 30.5. The molecule has 96 valence electrons. The van der Waals surface area contributed by atoms with E-state index in [4.69, 9.17) is 0 Å². The minimum absolute atomic E-state index is 0.149. The van der Waals surface area contributed by atoms with Crippen molar-refractivity contribution in [2.24, 2.45) is 11.3 Å². The van der Waals surface area contributed by atoms with Gasteiger partial charge in [-0.15, -0.1) is 0 Å². The highest BCUT2D eigenvalue weighted by molar-refractivity contribution is 5.92. The van der Waals surface area contributed by atoms with Gasteiger partial charge in [0.1, 0.15) is 5.83 Å². The predicted octanol–water partition coefficient (Wildman–Crippen LogP) is 4.27. The van der Waals surface area contributed by atoms with Crippen LogP contribution in [0.15, 0.2) is 35.7 Å². The molecule has 3 rings (SSSR count). The molecule has 0 N–H and O–H groups in total. The minimum Gasteiger partial charge on any atom is -0.295 e. The van der Waals surface area contributed by atoms with Crippen LogP contribution in [-0.4, -0.2) is 5.78 Å². The maximum absolute atomic E-state index is 13.0. The van der Waals surface area contributed by atoms with Crippen LogP contribution in [0.5, 0.6) is 0 Å². The molecule has 1 spiro atoms. The molecule has 2 heteroatoms. The fourth-order valence-electron chi connectivity index (χ4n) is 3.76. The number of carbonyl (C=O) groups excluding carboxylic acids is 1. The summed E-state index contributed by atoms with van der Waals surface area (Å²) in [6, 6.07) is 0. The molecule has 0 aromatic heterocycles. The van der Waals surface area contributed by atoms with E-state index in [0.717, 1.165) is 12.8 Å². The molecule has 0 aromatic carbocycles. The summed E-state index contributed by atoms with van der Waals surface area (Å²) in [5.41, 5.74) is 1.47. The van der Waals surface area contributed by atoms with Gasteiger partial charge >= 0.3 is 0 Å². The smallest absolute Gasteiger partial charge is 0.156 e. The van der Waals surface area contributed by atoms with E-state index in [1.807, 2.05) is 12.2 Å². The second-order valence-electron chi connectivity index (χ2n) is 6.04. The lowest BCUT2D eigenvalue weighted by molar-refractivity contribution is -0.117. The Hall–Kier alpha value is -1.18. The first kappa shape index (κ1) is 11.9. The van der Waals surface area contributed by atoms with Gasteiger partial charge in [-0.25, -0.2) is 4.39 Å². The molecule has 0 aromatic rings. The van der Waals surface area contributed by atoms with Gasteiger partial charge in [0.25, 0.3) is 0 Å². The number of allylic oxidation sites excluding steroid dienone is 6. The summed E-state index contributed by atoms with van der Waals surface area (Å²) >= 11 is 0. The van der Waals surface area contributed by atoms with Crippen LogP contribution in [0.4, 0.5) is 4.39 Å². The maximum atomic E-state index is 13.0. The first-order valence-corrected chi connectivity index (χ1v) is 6.94. The number of halogens is 1. The average Bonchev–Trinajstić information content (AvgIpc) is 2.77. The molecule has 1 nitrogen and oxygen atoms in total. The number of carbonyl (C=O) groups is 1. The largest absolute Gasteiger partial charge is 0.295 e. The highest BCUT2D eigenvalue weighted by atomic mass is 19.1. The summed E-state index contributed by atoms with van der Waals surface area (Å²) in [6.45, 7) is 0. The van der Waals surface area contributed by atoms with Crippen molar-refractivity contribution >= 4 is 5.78 Å². The van der Waals surface area contributed by atoms with Gasteiger partial charge in [-0.05, 0) is 49.3 Å². The third-order valence-electron chi connectivity index (χ3n) is 4.67. The third kappa shape index (κ3) is 2.21. The topological polar surface area (TPSA) is 17.1 Å². The van der Waals surface area contributed by atoms with E-state index in [1.54, 1.807) is 6.08 Å². The summed E-state index contributed by atoms with van der Waals surface area (Å²) in [5, 5.41) is 0. The fourth-order valence-corrected chi connectivity index (χ4v) is 3.76. The van der Waals surface area contributed by atoms with E-state index in [-0.39, 0.29) is 22.9 Å². The Balaban J connectivity index is 1.80. The average molecular weight is 246 g/mol. The van der Waals surface area contributed by atoms with Crippen molar-refractivity contribution in [3.05, 3.63) is 35.7 Å². The lowest BCUT2D eigenvalue weighted by Crippen LogP contribution is -2.27. The van der Waals surface area contributed by atoms with Crippen molar-refractivity contribution in [1.29, 1.82) is 0 Å². The van der Waals surface area contributed by atoms with Crippen LogP contribution in [0.1, 0.15) is 44.9 Å². The van der Waals surface area contributed by atoms with Crippen LogP contribution in [0.25, 0.3) is 0 Å². The van der Waals surface area contributed by atoms with Gasteiger partial charge in [0.05, 0.1) is 0 Å². The van der Waals surface area contributed by atoms with Crippen molar-refractivity contribution < 1.29 is 9.18 Å². The highest BCUT2D eigenvalue weighted by Crippen LogP contribution is 2.50. The number of hydrogen-bond donors (Lipinski definition) is 0. The molecule has 1 saturated carbocycles. The summed E-state index contributed by atoms with van der Waals surface area (Å²) in [5.74, 6) is 0.373. The number of rotatable bonds is 1. The SMILES string of the molecule is O=C1C=C(C2C=CC(F)=CC2)CC2(CCCC2)C1. The van der Waals surface area contributed by atoms with Gasteiger partial charge in [0.2, 0.25) is 0 Å². The van der Waals surface area contributed by atoms with Gasteiger partial charge in [0.15, 0.2) is 5.78 Å². The van der Waals surface area contributed by atoms with Gasteiger partial charge in [-0.2, -0.15) is 0 Å². The van der Waals surface area contributed by atoms with Gasteiger partial charge in [-0.1, -0.05) is 24.5 Å². The van der Waals surface area contributed by atoms with E-state index in [2.05, 4.69) is 0 Å². The minimum atomic E-state index is -0.149. The van der Waals surface area contributed by atoms with E-state index in [1.165, 1.54) is 37.3 Å². The van der Waals surface area contributed by atoms with Gasteiger partial charge in [0, 0.05) is 12.3 Å². The molecular weight excluding hydrogens is 227 g/mol. The van der Waals surface area contributed by atoms with Crippen LogP contribution < -0.4 is 0 Å².